The van der Waals surface area contributed by atoms with Crippen LogP contribution in [0.3, 0.4) is 0 Å². The molecule has 0 bridgehead atoms. The molecule has 0 aromatic carbocycles. The molecule has 2 aliphatic rings. The van der Waals surface area contributed by atoms with Crippen LogP contribution in [-0.4, -0.2) is 41.7 Å². The molecule has 5 nitrogen and oxygen atoms in total. The second-order valence-corrected chi connectivity index (χ2v) is 6.08. The van der Waals surface area contributed by atoms with Gasteiger partial charge in [-0.05, 0) is 45.2 Å². The monoisotopic (exact) mass is 282 g/mol. The van der Waals surface area contributed by atoms with Gasteiger partial charge in [0.15, 0.2) is 0 Å². The Morgan fingerprint density at radius 1 is 1.26 bits per heavy atom. The summed E-state index contributed by atoms with van der Waals surface area (Å²) >= 11 is 1.48. The molecule has 106 valence electrons. The van der Waals surface area contributed by atoms with E-state index in [0.29, 0.717) is 12.0 Å². The number of piperidine rings is 1. The van der Waals surface area contributed by atoms with Crippen molar-refractivity contribution < 1.29 is 4.74 Å². The van der Waals surface area contributed by atoms with Crippen LogP contribution in [0.4, 0.5) is 5.13 Å². The Labute approximate surface area is 118 Å². The third kappa shape index (κ3) is 4.12. The van der Waals surface area contributed by atoms with Crippen molar-refractivity contribution >= 4 is 16.7 Å². The number of ether oxygens (including phenoxy) is 1. The molecule has 0 unspecified atom stereocenters. The summed E-state index contributed by atoms with van der Waals surface area (Å²) in [6, 6.07) is 0. The number of nitrogens with one attached hydrogen (secondary N) is 2. The zero-order valence-corrected chi connectivity index (χ0v) is 12.0. The number of rotatable bonds is 7. The highest BCUT2D eigenvalue weighted by Crippen LogP contribution is 2.39. The SMILES string of the molecule is C(CNc1nc(C2CC2)ns1)COC1CCNCC1. The van der Waals surface area contributed by atoms with Crippen LogP contribution in [0.1, 0.15) is 43.8 Å². The summed E-state index contributed by atoms with van der Waals surface area (Å²) in [6.07, 6.45) is 6.32. The van der Waals surface area contributed by atoms with Gasteiger partial charge in [-0.3, -0.25) is 0 Å². The van der Waals surface area contributed by atoms with Gasteiger partial charge in [0.1, 0.15) is 5.82 Å². The Morgan fingerprint density at radius 2 is 2.11 bits per heavy atom. The van der Waals surface area contributed by atoms with Gasteiger partial charge in [-0.1, -0.05) is 0 Å². The van der Waals surface area contributed by atoms with Crippen LogP contribution in [0.15, 0.2) is 0 Å². The van der Waals surface area contributed by atoms with Crippen molar-refractivity contribution in [1.82, 2.24) is 14.7 Å². The minimum absolute atomic E-state index is 0.462. The van der Waals surface area contributed by atoms with Gasteiger partial charge in [0.25, 0.3) is 0 Å². The predicted molar refractivity (Wildman–Crippen MR) is 76.8 cm³/mol. The van der Waals surface area contributed by atoms with E-state index >= 15 is 0 Å². The van der Waals surface area contributed by atoms with Crippen molar-refractivity contribution in [3.63, 3.8) is 0 Å². The largest absolute Gasteiger partial charge is 0.378 e. The Balaban J connectivity index is 1.27. The Kier molecular flexibility index (Phi) is 4.63. The summed E-state index contributed by atoms with van der Waals surface area (Å²) in [5.74, 6) is 1.69. The first-order valence-corrected chi connectivity index (χ1v) is 8.09. The predicted octanol–water partition coefficient (Wildman–Crippen LogP) is 1.99. The van der Waals surface area contributed by atoms with Crippen molar-refractivity contribution in [2.45, 2.75) is 44.1 Å². The minimum Gasteiger partial charge on any atom is -0.378 e. The fraction of sp³-hybridized carbons (Fsp3) is 0.846. The fourth-order valence-corrected chi connectivity index (χ4v) is 2.96. The molecule has 1 aromatic heterocycles. The van der Waals surface area contributed by atoms with E-state index < -0.39 is 0 Å². The standard InChI is InChI=1S/C13H22N4OS/c1(9-18-11-4-7-14-8-5-11)6-15-13-16-12(17-19-13)10-2-3-10/h10-11,14H,1-9H2,(H,15,16,17). The molecule has 0 atom stereocenters. The van der Waals surface area contributed by atoms with E-state index in [-0.39, 0.29) is 0 Å². The average molecular weight is 282 g/mol. The molecule has 1 aliphatic heterocycles. The lowest BCUT2D eigenvalue weighted by Crippen LogP contribution is -2.32. The lowest BCUT2D eigenvalue weighted by atomic mass is 10.1. The maximum atomic E-state index is 5.86. The Hall–Kier alpha value is -0.720. The van der Waals surface area contributed by atoms with Crippen molar-refractivity contribution in [1.29, 1.82) is 0 Å². The third-order valence-corrected chi connectivity index (χ3v) is 4.31. The number of anilines is 1. The van der Waals surface area contributed by atoms with Crippen molar-refractivity contribution in [3.8, 4) is 0 Å². The van der Waals surface area contributed by atoms with Gasteiger partial charge < -0.3 is 15.4 Å². The van der Waals surface area contributed by atoms with Gasteiger partial charge in [-0.15, -0.1) is 0 Å². The summed E-state index contributed by atoms with van der Waals surface area (Å²) in [7, 11) is 0. The van der Waals surface area contributed by atoms with Crippen LogP contribution >= 0.6 is 11.5 Å². The van der Waals surface area contributed by atoms with E-state index in [1.807, 2.05) is 0 Å². The number of aromatic nitrogens is 2. The molecule has 1 aliphatic carbocycles. The third-order valence-electron chi connectivity index (χ3n) is 3.62. The molecule has 2 heterocycles. The fourth-order valence-electron chi connectivity index (χ4n) is 2.29. The molecule has 1 saturated carbocycles. The number of hydrogen-bond acceptors (Lipinski definition) is 6. The second-order valence-electron chi connectivity index (χ2n) is 5.33. The Bertz CT molecular complexity index is 388. The first-order valence-electron chi connectivity index (χ1n) is 7.31. The smallest absolute Gasteiger partial charge is 0.202 e. The van der Waals surface area contributed by atoms with Gasteiger partial charge in [0.05, 0.1) is 6.10 Å². The lowest BCUT2D eigenvalue weighted by molar-refractivity contribution is 0.0329. The highest BCUT2D eigenvalue weighted by atomic mass is 32.1. The van der Waals surface area contributed by atoms with E-state index in [9.17, 15) is 0 Å². The number of hydrogen-bond donors (Lipinski definition) is 2. The molecule has 2 fully saturated rings. The van der Waals surface area contributed by atoms with E-state index in [4.69, 9.17) is 4.74 Å². The van der Waals surface area contributed by atoms with Crippen LogP contribution in [-0.2, 0) is 4.74 Å². The van der Waals surface area contributed by atoms with E-state index in [1.165, 1.54) is 24.4 Å². The molecule has 0 spiro atoms. The molecule has 1 saturated heterocycles. The van der Waals surface area contributed by atoms with Gasteiger partial charge in [0.2, 0.25) is 5.13 Å². The van der Waals surface area contributed by atoms with E-state index in [2.05, 4.69) is 20.0 Å². The zero-order valence-electron chi connectivity index (χ0n) is 11.2. The Morgan fingerprint density at radius 3 is 2.89 bits per heavy atom. The first kappa shape index (κ1) is 13.3. The molecular formula is C13H22N4OS. The van der Waals surface area contributed by atoms with Gasteiger partial charge in [-0.25, -0.2) is 4.98 Å². The van der Waals surface area contributed by atoms with Crippen molar-refractivity contribution in [3.05, 3.63) is 5.82 Å². The summed E-state index contributed by atoms with van der Waals surface area (Å²) < 4.78 is 10.2. The lowest BCUT2D eigenvalue weighted by Gasteiger charge is -2.22. The molecule has 3 rings (SSSR count). The summed E-state index contributed by atoms with van der Waals surface area (Å²) in [5.41, 5.74) is 0. The average Bonchev–Trinajstić information content (AvgIpc) is 3.20. The highest BCUT2D eigenvalue weighted by molar-refractivity contribution is 7.09. The van der Waals surface area contributed by atoms with Crippen LogP contribution < -0.4 is 10.6 Å². The summed E-state index contributed by atoms with van der Waals surface area (Å²) in [6.45, 7) is 3.95. The second kappa shape index (κ2) is 6.63. The first-order chi connectivity index (χ1) is 9.42. The van der Waals surface area contributed by atoms with Crippen LogP contribution in [0.5, 0.6) is 0 Å². The van der Waals surface area contributed by atoms with Crippen LogP contribution in [0.25, 0.3) is 0 Å². The zero-order chi connectivity index (χ0) is 12.9. The normalized spacial score (nSPS) is 20.6. The van der Waals surface area contributed by atoms with Crippen LogP contribution in [0.2, 0.25) is 0 Å². The molecule has 6 heteroatoms. The molecule has 19 heavy (non-hydrogen) atoms. The van der Waals surface area contributed by atoms with Crippen LogP contribution in [0, 0.1) is 0 Å². The topological polar surface area (TPSA) is 59.1 Å². The van der Waals surface area contributed by atoms with Gasteiger partial charge in [-0.2, -0.15) is 4.37 Å². The van der Waals surface area contributed by atoms with E-state index in [1.54, 1.807) is 0 Å². The minimum atomic E-state index is 0.462. The van der Waals surface area contributed by atoms with Crippen molar-refractivity contribution in [2.24, 2.45) is 0 Å². The van der Waals surface area contributed by atoms with E-state index in [0.717, 1.165) is 56.5 Å². The highest BCUT2D eigenvalue weighted by Gasteiger charge is 2.27. The summed E-state index contributed by atoms with van der Waals surface area (Å²) in [5, 5.41) is 7.65. The maximum absolute atomic E-state index is 5.86. The van der Waals surface area contributed by atoms with Gasteiger partial charge >= 0.3 is 0 Å². The molecule has 0 radical (unpaired) electrons. The molecule has 1 aromatic rings. The molecule has 0 amide bonds. The van der Waals surface area contributed by atoms with Crippen molar-refractivity contribution in [2.75, 3.05) is 31.6 Å². The number of nitrogens with zero attached hydrogens (tertiary/aromatic N) is 2. The van der Waals surface area contributed by atoms with Gasteiger partial charge in [0, 0.05) is 30.6 Å². The summed E-state index contributed by atoms with van der Waals surface area (Å²) in [4.78, 5) is 4.51. The maximum Gasteiger partial charge on any atom is 0.202 e. The molecular weight excluding hydrogens is 260 g/mol. The quantitative estimate of drug-likeness (QED) is 0.749. The molecule has 2 N–H and O–H groups in total.